The van der Waals surface area contributed by atoms with Crippen molar-refractivity contribution in [3.8, 4) is 6.07 Å². The Balaban J connectivity index is 1.82. The zero-order valence-corrected chi connectivity index (χ0v) is 13.3. The minimum absolute atomic E-state index is 0.177. The van der Waals surface area contributed by atoms with Gasteiger partial charge in [0.2, 0.25) is 5.91 Å². The Morgan fingerprint density at radius 2 is 1.79 bits per heavy atom. The molecule has 126 valence electrons. The summed E-state index contributed by atoms with van der Waals surface area (Å²) in [4.78, 5) is 36.9. The van der Waals surface area contributed by atoms with Crippen molar-refractivity contribution >= 4 is 23.5 Å². The van der Waals surface area contributed by atoms with E-state index in [1.807, 2.05) is 0 Å². The molecule has 0 spiro atoms. The first kappa shape index (κ1) is 17.5. The van der Waals surface area contributed by atoms with Gasteiger partial charge in [0.25, 0.3) is 5.91 Å². The normalized spacial score (nSPS) is 13.7. The lowest BCUT2D eigenvalue weighted by molar-refractivity contribution is -0.135. The van der Waals surface area contributed by atoms with Crippen LogP contribution >= 0.6 is 0 Å². The van der Waals surface area contributed by atoms with Crippen LogP contribution in [0.5, 0.6) is 0 Å². The van der Waals surface area contributed by atoms with E-state index in [1.54, 1.807) is 23.1 Å². The second-order valence-electron chi connectivity index (χ2n) is 5.48. The highest BCUT2D eigenvalue weighted by Gasteiger charge is 2.18. The van der Waals surface area contributed by atoms with Gasteiger partial charge in [0.15, 0.2) is 6.61 Å². The van der Waals surface area contributed by atoms with Crippen molar-refractivity contribution in [2.75, 3.05) is 25.0 Å². The van der Waals surface area contributed by atoms with E-state index in [4.69, 9.17) is 10.00 Å². The van der Waals surface area contributed by atoms with Crippen LogP contribution in [0.15, 0.2) is 24.3 Å². The summed E-state index contributed by atoms with van der Waals surface area (Å²) in [6, 6.07) is 7.82. The van der Waals surface area contributed by atoms with Crippen LogP contribution in [0.1, 0.15) is 36.0 Å². The third-order valence-corrected chi connectivity index (χ3v) is 3.68. The first-order chi connectivity index (χ1) is 11.6. The molecule has 2 rings (SSSR count). The van der Waals surface area contributed by atoms with E-state index < -0.39 is 11.9 Å². The van der Waals surface area contributed by atoms with Crippen LogP contribution in [0, 0.1) is 11.3 Å². The number of likely N-dealkylation sites (tertiary alicyclic amines) is 1. The van der Waals surface area contributed by atoms with E-state index in [1.165, 1.54) is 12.1 Å². The number of nitrogens with one attached hydrogen (secondary N) is 1. The van der Waals surface area contributed by atoms with Crippen LogP contribution in [0.25, 0.3) is 0 Å². The molecular weight excluding hydrogens is 310 g/mol. The van der Waals surface area contributed by atoms with E-state index in [9.17, 15) is 14.4 Å². The molecule has 0 bridgehead atoms. The molecular formula is C17H19N3O4. The van der Waals surface area contributed by atoms with E-state index >= 15 is 0 Å². The second kappa shape index (κ2) is 8.67. The maximum Gasteiger partial charge on any atom is 0.338 e. The molecule has 0 atom stereocenters. The molecule has 1 aromatic rings. The molecule has 1 heterocycles. The summed E-state index contributed by atoms with van der Waals surface area (Å²) in [7, 11) is 0. The van der Waals surface area contributed by atoms with Crippen molar-refractivity contribution in [1.82, 2.24) is 4.90 Å². The van der Waals surface area contributed by atoms with E-state index in [-0.39, 0.29) is 18.9 Å². The molecule has 7 heteroatoms. The largest absolute Gasteiger partial charge is 0.452 e. The Kier molecular flexibility index (Phi) is 6.32. The molecule has 0 saturated carbocycles. The number of carbonyl (C=O) groups excluding carboxylic acids is 3. The van der Waals surface area contributed by atoms with Crippen LogP contribution in [-0.2, 0) is 14.3 Å². The summed E-state index contributed by atoms with van der Waals surface area (Å²) in [5.74, 6) is -1.18. The number of benzene rings is 1. The van der Waals surface area contributed by atoms with Crippen molar-refractivity contribution in [3.63, 3.8) is 0 Å². The minimum atomic E-state index is -0.588. The fraction of sp³-hybridized carbons (Fsp3) is 0.412. The highest BCUT2D eigenvalue weighted by Crippen LogP contribution is 2.12. The quantitative estimate of drug-likeness (QED) is 0.829. The molecule has 1 aliphatic rings. The third-order valence-electron chi connectivity index (χ3n) is 3.68. The zero-order valence-electron chi connectivity index (χ0n) is 13.3. The number of rotatable bonds is 5. The molecule has 7 nitrogen and oxygen atoms in total. The third kappa shape index (κ3) is 5.09. The molecule has 2 amide bonds. The van der Waals surface area contributed by atoms with Gasteiger partial charge in [-0.25, -0.2) is 4.79 Å². The molecule has 1 saturated heterocycles. The number of hydrogen-bond donors (Lipinski definition) is 1. The number of anilines is 1. The number of nitriles is 1. The Hall–Kier alpha value is -2.88. The number of esters is 1. The zero-order chi connectivity index (χ0) is 17.4. The predicted octanol–water partition coefficient (Wildman–Crippen LogP) is 1.71. The Labute approximate surface area is 140 Å². The number of nitrogens with zero attached hydrogens (tertiary/aromatic N) is 2. The van der Waals surface area contributed by atoms with Gasteiger partial charge < -0.3 is 15.0 Å². The Morgan fingerprint density at radius 1 is 1.12 bits per heavy atom. The molecule has 1 N–H and O–H groups in total. The first-order valence-electron chi connectivity index (χ1n) is 7.82. The number of ether oxygens (including phenoxy) is 1. The molecule has 1 fully saturated rings. The van der Waals surface area contributed by atoms with Gasteiger partial charge in [-0.2, -0.15) is 5.26 Å². The van der Waals surface area contributed by atoms with Crippen LogP contribution < -0.4 is 5.32 Å². The van der Waals surface area contributed by atoms with E-state index in [0.29, 0.717) is 24.3 Å². The van der Waals surface area contributed by atoms with Crippen LogP contribution in [0.2, 0.25) is 0 Å². The smallest absolute Gasteiger partial charge is 0.338 e. The van der Waals surface area contributed by atoms with E-state index in [0.717, 1.165) is 19.3 Å². The SMILES string of the molecule is N#CCC(=O)Nc1ccc(C(=O)OCC(=O)N2CCCCC2)cc1. The van der Waals surface area contributed by atoms with Gasteiger partial charge in [-0.3, -0.25) is 9.59 Å². The number of hydrogen-bond acceptors (Lipinski definition) is 5. The lowest BCUT2D eigenvalue weighted by atomic mass is 10.1. The molecule has 0 aromatic heterocycles. The van der Waals surface area contributed by atoms with Gasteiger partial charge in [0.1, 0.15) is 6.42 Å². The number of carbonyl (C=O) groups is 3. The molecule has 0 unspecified atom stereocenters. The van der Waals surface area contributed by atoms with Gasteiger partial charge in [0, 0.05) is 18.8 Å². The highest BCUT2D eigenvalue weighted by molar-refractivity contribution is 5.94. The van der Waals surface area contributed by atoms with Crippen molar-refractivity contribution in [2.24, 2.45) is 0 Å². The van der Waals surface area contributed by atoms with Crippen molar-refractivity contribution in [1.29, 1.82) is 5.26 Å². The maximum atomic E-state index is 11.9. The summed E-state index contributed by atoms with van der Waals surface area (Å²) in [6.45, 7) is 1.17. The summed E-state index contributed by atoms with van der Waals surface area (Å²) < 4.78 is 5.04. The molecule has 24 heavy (non-hydrogen) atoms. The lowest BCUT2D eigenvalue weighted by Gasteiger charge is -2.26. The Bertz CT molecular complexity index is 643. The van der Waals surface area contributed by atoms with Gasteiger partial charge >= 0.3 is 5.97 Å². The second-order valence-corrected chi connectivity index (χ2v) is 5.48. The monoisotopic (exact) mass is 329 g/mol. The summed E-state index contributed by atoms with van der Waals surface area (Å²) >= 11 is 0. The lowest BCUT2D eigenvalue weighted by Crippen LogP contribution is -2.38. The van der Waals surface area contributed by atoms with Crippen molar-refractivity contribution < 1.29 is 19.1 Å². The standard InChI is InChI=1S/C17H19N3O4/c18-9-8-15(21)19-14-6-4-13(5-7-14)17(23)24-12-16(22)20-10-2-1-3-11-20/h4-7H,1-3,8,10-12H2,(H,19,21). The Morgan fingerprint density at radius 3 is 2.42 bits per heavy atom. The highest BCUT2D eigenvalue weighted by atomic mass is 16.5. The topological polar surface area (TPSA) is 99.5 Å². The average Bonchev–Trinajstić information content (AvgIpc) is 2.61. The fourth-order valence-corrected chi connectivity index (χ4v) is 2.41. The first-order valence-corrected chi connectivity index (χ1v) is 7.82. The molecule has 1 aliphatic heterocycles. The maximum absolute atomic E-state index is 11.9. The summed E-state index contributed by atoms with van der Waals surface area (Å²) in [5.41, 5.74) is 0.774. The van der Waals surface area contributed by atoms with Crippen molar-refractivity contribution in [2.45, 2.75) is 25.7 Å². The van der Waals surface area contributed by atoms with Gasteiger partial charge in [0.05, 0.1) is 11.6 Å². The van der Waals surface area contributed by atoms with E-state index in [2.05, 4.69) is 5.32 Å². The minimum Gasteiger partial charge on any atom is -0.452 e. The molecule has 1 aromatic carbocycles. The summed E-state index contributed by atoms with van der Waals surface area (Å²) in [5, 5.41) is 11.0. The van der Waals surface area contributed by atoms with Crippen LogP contribution in [0.4, 0.5) is 5.69 Å². The number of amides is 2. The molecule has 0 aliphatic carbocycles. The molecule has 0 radical (unpaired) electrons. The average molecular weight is 329 g/mol. The predicted molar refractivity (Wildman–Crippen MR) is 86.0 cm³/mol. The summed E-state index contributed by atoms with van der Waals surface area (Å²) in [6.07, 6.45) is 2.86. The van der Waals surface area contributed by atoms with Gasteiger partial charge in [-0.1, -0.05) is 0 Å². The van der Waals surface area contributed by atoms with Gasteiger partial charge in [-0.05, 0) is 43.5 Å². The van der Waals surface area contributed by atoms with Crippen LogP contribution in [-0.4, -0.2) is 42.4 Å². The van der Waals surface area contributed by atoms with Crippen molar-refractivity contribution in [3.05, 3.63) is 29.8 Å². The van der Waals surface area contributed by atoms with Gasteiger partial charge in [-0.15, -0.1) is 0 Å². The fourth-order valence-electron chi connectivity index (χ4n) is 2.41. The van der Waals surface area contributed by atoms with Crippen LogP contribution in [0.3, 0.4) is 0 Å². The number of piperidine rings is 1.